The van der Waals surface area contributed by atoms with Crippen molar-refractivity contribution >= 4 is 23.2 Å². The fraction of sp³-hybridized carbons (Fsp3) is 0.200. The van der Waals surface area contributed by atoms with E-state index in [2.05, 4.69) is 0 Å². The van der Waals surface area contributed by atoms with Crippen LogP contribution >= 0.6 is 23.2 Å². The Labute approximate surface area is 126 Å². The molecule has 0 fully saturated rings. The van der Waals surface area contributed by atoms with E-state index in [1.807, 2.05) is 0 Å². The smallest absolute Gasteiger partial charge is 0.142 e. The second kappa shape index (κ2) is 6.53. The first kappa shape index (κ1) is 15.2. The van der Waals surface area contributed by atoms with E-state index in [1.165, 1.54) is 24.3 Å². The third kappa shape index (κ3) is 3.92. The standard InChI is InChI=1S/C15H13Cl2F2N/c16-13-4-1-9(6-15(13)19)5-12(20)7-10-2-3-11(18)8-14(10)17/h1-4,6,8,12H,5,7,20H2. The largest absolute Gasteiger partial charge is 0.327 e. The summed E-state index contributed by atoms with van der Waals surface area (Å²) in [5.74, 6) is -0.844. The Morgan fingerprint density at radius 1 is 0.950 bits per heavy atom. The molecule has 2 N–H and O–H groups in total. The maximum absolute atomic E-state index is 13.3. The number of nitrogens with two attached hydrogens (primary N) is 1. The Hall–Kier alpha value is -1.16. The Morgan fingerprint density at radius 2 is 1.70 bits per heavy atom. The highest BCUT2D eigenvalue weighted by Crippen LogP contribution is 2.20. The van der Waals surface area contributed by atoms with Gasteiger partial charge in [0.1, 0.15) is 11.6 Å². The molecular weight excluding hydrogens is 303 g/mol. The summed E-state index contributed by atoms with van der Waals surface area (Å²) in [6, 6.07) is 8.58. The van der Waals surface area contributed by atoms with Crippen LogP contribution in [-0.4, -0.2) is 6.04 Å². The summed E-state index contributed by atoms with van der Waals surface area (Å²) in [5, 5.41) is 0.437. The summed E-state index contributed by atoms with van der Waals surface area (Å²) in [6.45, 7) is 0. The fourth-order valence-corrected chi connectivity index (χ4v) is 2.37. The molecule has 2 aromatic rings. The molecule has 0 amide bonds. The summed E-state index contributed by atoms with van der Waals surface area (Å²) in [7, 11) is 0. The van der Waals surface area contributed by atoms with E-state index < -0.39 is 5.82 Å². The average Bonchev–Trinajstić information content (AvgIpc) is 2.37. The molecule has 2 rings (SSSR count). The summed E-state index contributed by atoms with van der Waals surface area (Å²) in [6.07, 6.45) is 0.977. The second-order valence-corrected chi connectivity index (χ2v) is 5.47. The SMILES string of the molecule is NC(Cc1ccc(Cl)c(F)c1)Cc1ccc(F)cc1Cl. The van der Waals surface area contributed by atoms with Crippen LogP contribution in [0.2, 0.25) is 10.0 Å². The second-order valence-electron chi connectivity index (χ2n) is 4.65. The van der Waals surface area contributed by atoms with Crippen molar-refractivity contribution in [2.24, 2.45) is 5.73 Å². The molecule has 0 heterocycles. The van der Waals surface area contributed by atoms with E-state index in [0.717, 1.165) is 11.1 Å². The monoisotopic (exact) mass is 315 g/mol. The van der Waals surface area contributed by atoms with Gasteiger partial charge < -0.3 is 5.73 Å². The molecule has 0 aliphatic heterocycles. The van der Waals surface area contributed by atoms with Crippen molar-refractivity contribution in [2.75, 3.05) is 0 Å². The molecule has 0 saturated heterocycles. The van der Waals surface area contributed by atoms with Crippen molar-refractivity contribution < 1.29 is 8.78 Å². The minimum absolute atomic E-state index is 0.0869. The van der Waals surface area contributed by atoms with Crippen LogP contribution in [0.15, 0.2) is 36.4 Å². The Morgan fingerprint density at radius 3 is 2.35 bits per heavy atom. The van der Waals surface area contributed by atoms with Gasteiger partial charge in [-0.15, -0.1) is 0 Å². The minimum Gasteiger partial charge on any atom is -0.327 e. The predicted octanol–water partition coefficient (Wildman–Crippen LogP) is 4.38. The summed E-state index contributed by atoms with van der Waals surface area (Å²) in [4.78, 5) is 0. The zero-order valence-corrected chi connectivity index (χ0v) is 12.1. The average molecular weight is 316 g/mol. The van der Waals surface area contributed by atoms with Crippen LogP contribution in [0, 0.1) is 11.6 Å². The maximum atomic E-state index is 13.3. The number of benzene rings is 2. The van der Waals surface area contributed by atoms with Crippen molar-refractivity contribution in [3.05, 3.63) is 69.2 Å². The van der Waals surface area contributed by atoms with Gasteiger partial charge in [-0.1, -0.05) is 35.3 Å². The molecule has 1 nitrogen and oxygen atoms in total. The zero-order chi connectivity index (χ0) is 14.7. The normalized spacial score (nSPS) is 12.4. The minimum atomic E-state index is -0.462. The molecule has 20 heavy (non-hydrogen) atoms. The van der Waals surface area contributed by atoms with E-state index in [0.29, 0.717) is 17.9 Å². The Balaban J connectivity index is 2.04. The van der Waals surface area contributed by atoms with Gasteiger partial charge in [-0.3, -0.25) is 0 Å². The lowest BCUT2D eigenvalue weighted by Crippen LogP contribution is -2.25. The Kier molecular flexibility index (Phi) is 4.97. The topological polar surface area (TPSA) is 26.0 Å². The van der Waals surface area contributed by atoms with E-state index in [4.69, 9.17) is 28.9 Å². The van der Waals surface area contributed by atoms with Crippen LogP contribution in [0.5, 0.6) is 0 Å². The molecule has 5 heteroatoms. The van der Waals surface area contributed by atoms with Gasteiger partial charge in [0.05, 0.1) is 5.02 Å². The van der Waals surface area contributed by atoms with Crippen LogP contribution in [0.4, 0.5) is 8.78 Å². The molecule has 106 valence electrons. The highest BCUT2D eigenvalue weighted by molar-refractivity contribution is 6.31. The Bertz CT molecular complexity index is 617. The number of halogens is 4. The third-order valence-corrected chi connectivity index (χ3v) is 3.64. The first-order valence-electron chi connectivity index (χ1n) is 6.09. The van der Waals surface area contributed by atoms with Crippen molar-refractivity contribution in [1.82, 2.24) is 0 Å². The zero-order valence-electron chi connectivity index (χ0n) is 10.5. The lowest BCUT2D eigenvalue weighted by atomic mass is 9.99. The molecule has 0 saturated carbocycles. The molecule has 1 atom stereocenters. The van der Waals surface area contributed by atoms with Gasteiger partial charge in [0.25, 0.3) is 0 Å². The van der Waals surface area contributed by atoms with E-state index in [1.54, 1.807) is 12.1 Å². The highest BCUT2D eigenvalue weighted by atomic mass is 35.5. The van der Waals surface area contributed by atoms with Gasteiger partial charge >= 0.3 is 0 Å². The lowest BCUT2D eigenvalue weighted by Gasteiger charge is -2.13. The first-order valence-corrected chi connectivity index (χ1v) is 6.84. The number of rotatable bonds is 4. The lowest BCUT2D eigenvalue weighted by molar-refractivity contribution is 0.615. The molecule has 0 bridgehead atoms. The molecule has 0 aromatic heterocycles. The van der Waals surface area contributed by atoms with E-state index in [9.17, 15) is 8.78 Å². The molecule has 1 unspecified atom stereocenters. The van der Waals surface area contributed by atoms with Gasteiger partial charge in [-0.2, -0.15) is 0 Å². The summed E-state index contributed by atoms with van der Waals surface area (Å²) in [5.41, 5.74) is 7.56. The van der Waals surface area contributed by atoms with Gasteiger partial charge in [0.2, 0.25) is 0 Å². The molecular formula is C15H13Cl2F2N. The van der Waals surface area contributed by atoms with Crippen LogP contribution in [0.3, 0.4) is 0 Å². The summed E-state index contributed by atoms with van der Waals surface area (Å²) >= 11 is 11.6. The van der Waals surface area contributed by atoms with Crippen molar-refractivity contribution in [1.29, 1.82) is 0 Å². The predicted molar refractivity (Wildman–Crippen MR) is 78.2 cm³/mol. The van der Waals surface area contributed by atoms with E-state index in [-0.39, 0.29) is 16.9 Å². The molecule has 2 aromatic carbocycles. The molecule has 0 radical (unpaired) electrons. The quantitative estimate of drug-likeness (QED) is 0.890. The van der Waals surface area contributed by atoms with Crippen molar-refractivity contribution in [3.63, 3.8) is 0 Å². The van der Waals surface area contributed by atoms with Crippen molar-refractivity contribution in [2.45, 2.75) is 18.9 Å². The number of hydrogen-bond donors (Lipinski definition) is 1. The van der Waals surface area contributed by atoms with Gasteiger partial charge in [-0.05, 0) is 48.2 Å². The number of hydrogen-bond acceptors (Lipinski definition) is 1. The van der Waals surface area contributed by atoms with Gasteiger partial charge in [0.15, 0.2) is 0 Å². The van der Waals surface area contributed by atoms with E-state index >= 15 is 0 Å². The van der Waals surface area contributed by atoms with Crippen LogP contribution in [-0.2, 0) is 12.8 Å². The molecule has 0 spiro atoms. The van der Waals surface area contributed by atoms with Crippen LogP contribution in [0.1, 0.15) is 11.1 Å². The molecule has 0 aliphatic rings. The maximum Gasteiger partial charge on any atom is 0.142 e. The van der Waals surface area contributed by atoms with Crippen molar-refractivity contribution in [3.8, 4) is 0 Å². The fourth-order valence-electron chi connectivity index (χ4n) is 2.01. The van der Waals surface area contributed by atoms with Crippen LogP contribution in [0.25, 0.3) is 0 Å². The van der Waals surface area contributed by atoms with Crippen LogP contribution < -0.4 is 5.73 Å². The van der Waals surface area contributed by atoms with Gasteiger partial charge in [0, 0.05) is 11.1 Å². The highest BCUT2D eigenvalue weighted by Gasteiger charge is 2.10. The first-order chi connectivity index (χ1) is 9.45. The third-order valence-electron chi connectivity index (χ3n) is 2.98. The molecule has 0 aliphatic carbocycles. The summed E-state index contributed by atoms with van der Waals surface area (Å²) < 4.78 is 26.3. The van der Waals surface area contributed by atoms with Gasteiger partial charge in [-0.25, -0.2) is 8.78 Å².